The third-order valence-electron chi connectivity index (χ3n) is 5.28. The van der Waals surface area contributed by atoms with Gasteiger partial charge in [0.05, 0.1) is 27.9 Å². The zero-order chi connectivity index (χ0) is 24.8. The fourth-order valence-corrected chi connectivity index (χ4v) is 3.85. The number of likely N-dealkylation sites (tertiary alicyclic amines) is 1. The molecule has 0 unspecified atom stereocenters. The lowest BCUT2D eigenvalue weighted by molar-refractivity contribution is -0.384. The lowest BCUT2D eigenvalue weighted by atomic mass is 10.2. The quantitative estimate of drug-likeness (QED) is 0.353. The fraction of sp³-hybridized carbons (Fsp3) is 0.208. The van der Waals surface area contributed by atoms with Gasteiger partial charge >= 0.3 is 6.09 Å². The maximum absolute atomic E-state index is 13.0. The number of anilines is 1. The average Bonchev–Trinajstić information content (AvgIpc) is 3.33. The van der Waals surface area contributed by atoms with Crippen LogP contribution in [0.3, 0.4) is 0 Å². The Morgan fingerprint density at radius 2 is 1.94 bits per heavy atom. The summed E-state index contributed by atoms with van der Waals surface area (Å²) in [6.07, 6.45) is 3.30. The Hall–Kier alpha value is -4.18. The van der Waals surface area contributed by atoms with Crippen LogP contribution in [-0.2, 0) is 16.1 Å². The van der Waals surface area contributed by atoms with Crippen molar-refractivity contribution in [1.29, 1.82) is 0 Å². The van der Waals surface area contributed by atoms with E-state index < -0.39 is 23.0 Å². The van der Waals surface area contributed by atoms with Crippen LogP contribution in [0.15, 0.2) is 67.0 Å². The van der Waals surface area contributed by atoms with Crippen molar-refractivity contribution in [3.05, 3.63) is 87.7 Å². The SMILES string of the molecule is O=C(Nc1cc(Oc2cncc(Cl)c2)cc([N+](=O)[O-])c1)[C@@H]1CCCN1C(=O)OCc1ccccc1. The number of nitro groups is 1. The van der Waals surface area contributed by atoms with Crippen LogP contribution < -0.4 is 10.1 Å². The highest BCUT2D eigenvalue weighted by atomic mass is 35.5. The summed E-state index contributed by atoms with van der Waals surface area (Å²) >= 11 is 5.91. The van der Waals surface area contributed by atoms with E-state index in [4.69, 9.17) is 21.1 Å². The van der Waals surface area contributed by atoms with Gasteiger partial charge in [-0.1, -0.05) is 41.9 Å². The molecule has 0 aliphatic carbocycles. The summed E-state index contributed by atoms with van der Waals surface area (Å²) in [6, 6.07) is 13.8. The van der Waals surface area contributed by atoms with Crippen molar-refractivity contribution in [2.45, 2.75) is 25.5 Å². The topological polar surface area (TPSA) is 124 Å². The number of nitrogens with zero attached hydrogens (tertiary/aromatic N) is 3. The molecular formula is C24H21ClN4O6. The number of nitro benzene ring substituents is 1. The number of halogens is 1. The van der Waals surface area contributed by atoms with Gasteiger partial charge in [-0.05, 0) is 18.4 Å². The number of aromatic nitrogens is 1. The largest absolute Gasteiger partial charge is 0.455 e. The van der Waals surface area contributed by atoms with Crippen LogP contribution >= 0.6 is 11.6 Å². The summed E-state index contributed by atoms with van der Waals surface area (Å²) in [5, 5.41) is 14.4. The predicted molar refractivity (Wildman–Crippen MR) is 127 cm³/mol. The van der Waals surface area contributed by atoms with Crippen molar-refractivity contribution in [1.82, 2.24) is 9.88 Å². The molecule has 10 nitrogen and oxygen atoms in total. The molecule has 1 fully saturated rings. The molecule has 4 rings (SSSR count). The van der Waals surface area contributed by atoms with E-state index >= 15 is 0 Å². The van der Waals surface area contributed by atoms with Crippen molar-refractivity contribution in [2.75, 3.05) is 11.9 Å². The maximum atomic E-state index is 13.0. The summed E-state index contributed by atoms with van der Waals surface area (Å²) in [4.78, 5) is 41.7. The molecule has 0 bridgehead atoms. The molecule has 35 heavy (non-hydrogen) atoms. The molecule has 11 heteroatoms. The average molecular weight is 497 g/mol. The molecule has 0 spiro atoms. The Bertz CT molecular complexity index is 1240. The number of rotatable bonds is 7. The molecule has 0 radical (unpaired) electrons. The fourth-order valence-electron chi connectivity index (χ4n) is 3.69. The second-order valence-electron chi connectivity index (χ2n) is 7.79. The van der Waals surface area contributed by atoms with Crippen LogP contribution in [-0.4, -0.2) is 39.4 Å². The third kappa shape index (κ3) is 6.24. The first-order valence-electron chi connectivity index (χ1n) is 10.7. The van der Waals surface area contributed by atoms with Gasteiger partial charge in [-0.15, -0.1) is 0 Å². The number of hydrogen-bond acceptors (Lipinski definition) is 7. The molecule has 2 heterocycles. The number of ether oxygens (including phenoxy) is 2. The number of pyridine rings is 1. The van der Waals surface area contributed by atoms with Gasteiger partial charge in [-0.25, -0.2) is 4.79 Å². The number of hydrogen-bond donors (Lipinski definition) is 1. The number of carbonyl (C=O) groups excluding carboxylic acids is 2. The first-order chi connectivity index (χ1) is 16.9. The van der Waals surface area contributed by atoms with Crippen LogP contribution in [0.2, 0.25) is 5.02 Å². The van der Waals surface area contributed by atoms with Gasteiger partial charge < -0.3 is 14.8 Å². The van der Waals surface area contributed by atoms with Crippen molar-refractivity contribution in [3.63, 3.8) is 0 Å². The lowest BCUT2D eigenvalue weighted by Gasteiger charge is -2.23. The van der Waals surface area contributed by atoms with Crippen molar-refractivity contribution < 1.29 is 24.0 Å². The van der Waals surface area contributed by atoms with E-state index in [1.807, 2.05) is 30.3 Å². The molecule has 2 amide bonds. The first kappa shape index (κ1) is 24.0. The summed E-state index contributed by atoms with van der Waals surface area (Å²) in [6.45, 7) is 0.464. The molecule has 1 atom stereocenters. The van der Waals surface area contributed by atoms with Gasteiger partial charge in [0.15, 0.2) is 0 Å². The van der Waals surface area contributed by atoms with E-state index in [1.54, 1.807) is 0 Å². The predicted octanol–water partition coefficient (Wildman–Crippen LogP) is 5.18. The first-order valence-corrected chi connectivity index (χ1v) is 11.1. The number of carbonyl (C=O) groups is 2. The second kappa shape index (κ2) is 10.8. The Morgan fingerprint density at radius 1 is 1.14 bits per heavy atom. The van der Waals surface area contributed by atoms with Gasteiger partial charge in [-0.3, -0.25) is 24.8 Å². The number of amides is 2. The number of benzene rings is 2. The van der Waals surface area contributed by atoms with Crippen LogP contribution in [0.25, 0.3) is 0 Å². The minimum atomic E-state index is -0.765. The normalized spacial score (nSPS) is 14.9. The van der Waals surface area contributed by atoms with Crippen molar-refractivity contribution in [3.8, 4) is 11.5 Å². The summed E-state index contributed by atoms with van der Waals surface area (Å²) in [5.74, 6) is -0.0856. The summed E-state index contributed by atoms with van der Waals surface area (Å²) in [5.41, 5.74) is 0.706. The number of non-ortho nitro benzene ring substituents is 1. The minimum absolute atomic E-state index is 0.0917. The van der Waals surface area contributed by atoms with Crippen LogP contribution in [0, 0.1) is 10.1 Å². The van der Waals surface area contributed by atoms with E-state index in [2.05, 4.69) is 10.3 Å². The van der Waals surface area contributed by atoms with Gasteiger partial charge in [0, 0.05) is 30.9 Å². The van der Waals surface area contributed by atoms with Gasteiger partial charge in [0.1, 0.15) is 24.1 Å². The van der Waals surface area contributed by atoms with Crippen molar-refractivity contribution in [2.24, 2.45) is 0 Å². The zero-order valence-electron chi connectivity index (χ0n) is 18.4. The molecular weight excluding hydrogens is 476 g/mol. The molecule has 1 aliphatic heterocycles. The molecule has 3 aromatic rings. The van der Waals surface area contributed by atoms with E-state index in [0.717, 1.165) is 5.56 Å². The Kier molecular flexibility index (Phi) is 7.41. The van der Waals surface area contributed by atoms with E-state index in [-0.39, 0.29) is 29.5 Å². The molecule has 1 aliphatic rings. The lowest BCUT2D eigenvalue weighted by Crippen LogP contribution is -2.43. The maximum Gasteiger partial charge on any atom is 0.410 e. The Labute approximate surface area is 205 Å². The van der Waals surface area contributed by atoms with Crippen LogP contribution in [0.4, 0.5) is 16.2 Å². The minimum Gasteiger partial charge on any atom is -0.455 e. The van der Waals surface area contributed by atoms with Gasteiger partial charge in [-0.2, -0.15) is 0 Å². The summed E-state index contributed by atoms with van der Waals surface area (Å²) < 4.78 is 11.0. The summed E-state index contributed by atoms with van der Waals surface area (Å²) in [7, 11) is 0. The smallest absolute Gasteiger partial charge is 0.410 e. The Morgan fingerprint density at radius 3 is 2.69 bits per heavy atom. The van der Waals surface area contributed by atoms with E-state index in [9.17, 15) is 19.7 Å². The standard InChI is InChI=1S/C24H21ClN4O6/c25-17-9-21(14-26-13-17)35-20-11-18(10-19(12-20)29(32)33)27-23(30)22-7-4-8-28(22)24(31)34-15-16-5-2-1-3-6-16/h1-3,5-6,9-14,22H,4,7-8,15H2,(H,27,30)/t22-/m0/s1. The second-order valence-corrected chi connectivity index (χ2v) is 8.23. The zero-order valence-corrected chi connectivity index (χ0v) is 19.2. The van der Waals surface area contributed by atoms with Crippen molar-refractivity contribution >= 4 is 35.0 Å². The third-order valence-corrected chi connectivity index (χ3v) is 5.49. The highest BCUT2D eigenvalue weighted by Crippen LogP contribution is 2.31. The highest BCUT2D eigenvalue weighted by molar-refractivity contribution is 6.30. The van der Waals surface area contributed by atoms with Crippen LogP contribution in [0.5, 0.6) is 11.5 Å². The Balaban J connectivity index is 1.46. The molecule has 1 saturated heterocycles. The molecule has 0 saturated carbocycles. The molecule has 180 valence electrons. The molecule has 1 N–H and O–H groups in total. The van der Waals surface area contributed by atoms with Gasteiger partial charge in [0.2, 0.25) is 5.91 Å². The number of nitrogens with one attached hydrogen (secondary N) is 1. The molecule has 1 aromatic heterocycles. The molecule has 2 aromatic carbocycles. The van der Waals surface area contributed by atoms with Gasteiger partial charge in [0.25, 0.3) is 5.69 Å². The monoisotopic (exact) mass is 496 g/mol. The van der Waals surface area contributed by atoms with E-state index in [0.29, 0.717) is 24.4 Å². The highest BCUT2D eigenvalue weighted by Gasteiger charge is 2.35. The van der Waals surface area contributed by atoms with Crippen LogP contribution in [0.1, 0.15) is 18.4 Å². The van der Waals surface area contributed by atoms with E-state index in [1.165, 1.54) is 41.6 Å².